The highest BCUT2D eigenvalue weighted by Gasteiger charge is 2.42. The molecule has 36 heavy (non-hydrogen) atoms. The summed E-state index contributed by atoms with van der Waals surface area (Å²) < 4.78 is 70.4. The molecule has 1 aliphatic heterocycles. The molecule has 3 aromatic rings. The lowest BCUT2D eigenvalue weighted by Crippen LogP contribution is -2.27. The number of aliphatic imine (C=N–C) groups is 1. The third kappa shape index (κ3) is 4.77. The van der Waals surface area contributed by atoms with Gasteiger partial charge in [0.05, 0.1) is 7.11 Å². The molecule has 0 spiro atoms. The first-order valence-corrected chi connectivity index (χ1v) is 10.5. The molecular weight excluding hydrogens is 484 g/mol. The number of ether oxygens (including phenoxy) is 3. The molecule has 1 unspecified atom stereocenters. The number of hydrogen-bond donors (Lipinski definition) is 1. The quantitative estimate of drug-likeness (QED) is 0.268. The number of rotatable bonds is 8. The summed E-state index contributed by atoms with van der Waals surface area (Å²) in [6.07, 6.45) is 0. The van der Waals surface area contributed by atoms with Crippen molar-refractivity contribution in [3.05, 3.63) is 82.9 Å². The van der Waals surface area contributed by atoms with E-state index >= 15 is 0 Å². The molecule has 4 rings (SSSR count). The molecule has 0 saturated heterocycles. The number of benzene rings is 3. The maximum absolute atomic E-state index is 14.9. The summed E-state index contributed by atoms with van der Waals surface area (Å²) in [6, 6.07) is 12.3. The minimum atomic E-state index is -3.01. The van der Waals surface area contributed by atoms with Crippen molar-refractivity contribution in [2.75, 3.05) is 13.7 Å². The SMILES string of the molecule is COc1ccc(F)c(-c2cc(C3(c4ccc(OC(F)F)c(C)c4)COC(NOC=O)=N3)ccc2F)c1. The molecule has 1 N–H and O–H groups in total. The van der Waals surface area contributed by atoms with Gasteiger partial charge in [-0.1, -0.05) is 12.1 Å². The zero-order valence-electron chi connectivity index (χ0n) is 19.1. The molecule has 11 heteroatoms. The number of carbonyl (C=O) groups excluding carboxylic acids is 1. The van der Waals surface area contributed by atoms with E-state index in [9.17, 15) is 22.4 Å². The van der Waals surface area contributed by atoms with Gasteiger partial charge in [-0.25, -0.2) is 13.8 Å². The number of hydroxylamine groups is 1. The van der Waals surface area contributed by atoms with Crippen molar-refractivity contribution in [3.63, 3.8) is 0 Å². The second-order valence-electron chi connectivity index (χ2n) is 7.78. The molecule has 0 radical (unpaired) electrons. The molecule has 188 valence electrons. The Bertz CT molecular complexity index is 1320. The number of nitrogens with one attached hydrogen (secondary N) is 1. The van der Waals surface area contributed by atoms with Crippen LogP contribution in [0.25, 0.3) is 11.1 Å². The Morgan fingerprint density at radius 3 is 2.36 bits per heavy atom. The highest BCUT2D eigenvalue weighted by Crippen LogP contribution is 2.41. The van der Waals surface area contributed by atoms with E-state index in [4.69, 9.17) is 9.47 Å². The highest BCUT2D eigenvalue weighted by atomic mass is 19.3. The zero-order valence-corrected chi connectivity index (χ0v) is 19.1. The molecule has 0 bridgehead atoms. The summed E-state index contributed by atoms with van der Waals surface area (Å²) in [6.45, 7) is -1.43. The molecule has 1 aliphatic rings. The number of methoxy groups -OCH3 is 1. The highest BCUT2D eigenvalue weighted by molar-refractivity contribution is 5.77. The minimum absolute atomic E-state index is 0.0346. The first-order chi connectivity index (χ1) is 17.3. The predicted octanol–water partition coefficient (Wildman–Crippen LogP) is 4.86. The maximum Gasteiger partial charge on any atom is 0.387 e. The third-order valence-electron chi connectivity index (χ3n) is 5.68. The Kier molecular flexibility index (Phi) is 7.00. The molecule has 0 saturated carbocycles. The van der Waals surface area contributed by atoms with Gasteiger partial charge in [0, 0.05) is 11.1 Å². The molecule has 1 atom stereocenters. The second-order valence-corrected chi connectivity index (χ2v) is 7.78. The standard InChI is InChI=1S/C25H20F4N2O5/c1-14-9-15(4-8-22(14)36-23(28)29)25(12-34-24(30-25)31-35-13-32)16-3-6-20(26)18(10-16)19-11-17(33-2)5-7-21(19)27/h3-11,13,23H,12H2,1-2H3,(H,30,31). The fourth-order valence-electron chi connectivity index (χ4n) is 3.96. The Hall–Kier alpha value is -4.28. The Morgan fingerprint density at radius 2 is 1.69 bits per heavy atom. The van der Waals surface area contributed by atoms with Crippen LogP contribution in [0.15, 0.2) is 59.6 Å². The summed E-state index contributed by atoms with van der Waals surface area (Å²) in [4.78, 5) is 19.6. The summed E-state index contributed by atoms with van der Waals surface area (Å²) in [5.74, 6) is -1.06. The van der Waals surface area contributed by atoms with Gasteiger partial charge in [0.1, 0.15) is 29.7 Å². The van der Waals surface area contributed by atoms with Gasteiger partial charge in [-0.05, 0) is 66.1 Å². The maximum atomic E-state index is 14.9. The summed E-state index contributed by atoms with van der Waals surface area (Å²) in [5, 5.41) is 0. The molecule has 1 heterocycles. The number of carbonyl (C=O) groups is 1. The number of aryl methyl sites for hydroxylation is 1. The van der Waals surface area contributed by atoms with Gasteiger partial charge in [0.25, 0.3) is 0 Å². The first kappa shape index (κ1) is 24.8. The third-order valence-corrected chi connectivity index (χ3v) is 5.68. The van der Waals surface area contributed by atoms with Crippen LogP contribution in [-0.2, 0) is 19.9 Å². The number of amidine groups is 1. The molecule has 0 aliphatic carbocycles. The topological polar surface area (TPSA) is 78.4 Å². The number of alkyl halides is 2. The molecule has 0 aromatic heterocycles. The molecule has 3 aromatic carbocycles. The molecule has 7 nitrogen and oxygen atoms in total. The fourth-order valence-corrected chi connectivity index (χ4v) is 3.96. The van der Waals surface area contributed by atoms with E-state index in [1.54, 1.807) is 13.0 Å². The van der Waals surface area contributed by atoms with Crippen molar-refractivity contribution < 1.29 is 41.4 Å². The van der Waals surface area contributed by atoms with E-state index in [1.807, 2.05) is 0 Å². The average molecular weight is 504 g/mol. The van der Waals surface area contributed by atoms with E-state index in [-0.39, 0.29) is 36.0 Å². The van der Waals surface area contributed by atoms with Crippen LogP contribution >= 0.6 is 0 Å². The van der Waals surface area contributed by atoms with E-state index in [1.165, 1.54) is 43.5 Å². The van der Waals surface area contributed by atoms with Gasteiger partial charge in [-0.15, -0.1) is 0 Å². The normalized spacial score (nSPS) is 16.8. The van der Waals surface area contributed by atoms with Crippen LogP contribution in [0.5, 0.6) is 11.5 Å². The van der Waals surface area contributed by atoms with Crippen LogP contribution in [0.3, 0.4) is 0 Å². The molecule has 0 amide bonds. The van der Waals surface area contributed by atoms with Gasteiger partial charge >= 0.3 is 19.1 Å². The fraction of sp³-hybridized carbons (Fsp3) is 0.200. The van der Waals surface area contributed by atoms with E-state index in [0.29, 0.717) is 22.4 Å². The Balaban J connectivity index is 1.88. The predicted molar refractivity (Wildman–Crippen MR) is 121 cm³/mol. The summed E-state index contributed by atoms with van der Waals surface area (Å²) in [5.41, 5.74) is 2.08. The Labute approximate surface area is 203 Å². The van der Waals surface area contributed by atoms with Crippen molar-refractivity contribution in [2.24, 2.45) is 4.99 Å². The van der Waals surface area contributed by atoms with Crippen LogP contribution in [-0.4, -0.2) is 32.8 Å². The largest absolute Gasteiger partial charge is 0.497 e. The van der Waals surface area contributed by atoms with Gasteiger partial charge in [0.2, 0.25) is 0 Å². The number of nitrogens with zero attached hydrogens (tertiary/aromatic N) is 1. The van der Waals surface area contributed by atoms with Crippen molar-refractivity contribution in [2.45, 2.75) is 19.1 Å². The van der Waals surface area contributed by atoms with Crippen LogP contribution in [0.1, 0.15) is 16.7 Å². The molecular formula is C25H20F4N2O5. The average Bonchev–Trinajstić information content (AvgIpc) is 3.30. The van der Waals surface area contributed by atoms with Gasteiger partial charge in [-0.3, -0.25) is 4.79 Å². The van der Waals surface area contributed by atoms with Crippen LogP contribution in [0.4, 0.5) is 17.6 Å². The van der Waals surface area contributed by atoms with E-state index in [2.05, 4.69) is 20.0 Å². The van der Waals surface area contributed by atoms with E-state index < -0.39 is 23.8 Å². The smallest absolute Gasteiger partial charge is 0.387 e. The zero-order chi connectivity index (χ0) is 25.9. The molecule has 0 fully saturated rings. The van der Waals surface area contributed by atoms with Crippen molar-refractivity contribution >= 4 is 12.5 Å². The number of halogens is 4. The summed E-state index contributed by atoms with van der Waals surface area (Å²) >= 11 is 0. The van der Waals surface area contributed by atoms with Crippen molar-refractivity contribution in [1.29, 1.82) is 0 Å². The van der Waals surface area contributed by atoms with E-state index in [0.717, 1.165) is 12.1 Å². The second kappa shape index (κ2) is 10.1. The first-order valence-electron chi connectivity index (χ1n) is 10.5. The Morgan fingerprint density at radius 1 is 1.03 bits per heavy atom. The van der Waals surface area contributed by atoms with Gasteiger partial charge < -0.3 is 19.0 Å². The van der Waals surface area contributed by atoms with Gasteiger partial charge in [0.15, 0.2) is 5.54 Å². The minimum Gasteiger partial charge on any atom is -0.497 e. The van der Waals surface area contributed by atoms with Crippen LogP contribution < -0.4 is 15.0 Å². The number of hydrogen-bond acceptors (Lipinski definition) is 7. The van der Waals surface area contributed by atoms with Crippen LogP contribution in [0, 0.1) is 18.6 Å². The lowest BCUT2D eigenvalue weighted by Gasteiger charge is -2.27. The summed E-state index contributed by atoms with van der Waals surface area (Å²) in [7, 11) is 1.41. The van der Waals surface area contributed by atoms with Crippen LogP contribution in [0.2, 0.25) is 0 Å². The lowest BCUT2D eigenvalue weighted by molar-refractivity contribution is -0.132. The van der Waals surface area contributed by atoms with Gasteiger partial charge in [-0.2, -0.15) is 14.3 Å². The van der Waals surface area contributed by atoms with Crippen molar-refractivity contribution in [3.8, 4) is 22.6 Å². The monoisotopic (exact) mass is 504 g/mol. The lowest BCUT2D eigenvalue weighted by atomic mass is 9.82. The van der Waals surface area contributed by atoms with Crippen molar-refractivity contribution in [1.82, 2.24) is 5.48 Å².